The van der Waals surface area contributed by atoms with E-state index in [4.69, 9.17) is 11.2 Å². The molecule has 0 amide bonds. The van der Waals surface area contributed by atoms with E-state index in [9.17, 15) is 4.39 Å². The molecule has 0 heterocycles. The van der Waals surface area contributed by atoms with Crippen LogP contribution in [0.5, 0.6) is 5.75 Å². The molecule has 0 bridgehead atoms. The summed E-state index contributed by atoms with van der Waals surface area (Å²) < 4.78 is 18.0. The summed E-state index contributed by atoms with van der Waals surface area (Å²) in [6.45, 7) is 2.53. The zero-order chi connectivity index (χ0) is 9.68. The molecule has 1 aromatic carbocycles. The van der Waals surface area contributed by atoms with Crippen molar-refractivity contribution < 1.29 is 9.13 Å². The van der Waals surface area contributed by atoms with E-state index < -0.39 is 0 Å². The van der Waals surface area contributed by atoms with E-state index in [1.54, 1.807) is 6.07 Å². The molecule has 0 saturated heterocycles. The maximum atomic E-state index is 12.8. The van der Waals surface area contributed by atoms with Crippen LogP contribution in [0.1, 0.15) is 18.9 Å². The molecule has 1 aromatic rings. The number of terminal acetylenes is 1. The van der Waals surface area contributed by atoms with Gasteiger partial charge in [0.25, 0.3) is 0 Å². The molecule has 0 fully saturated rings. The highest BCUT2D eigenvalue weighted by Gasteiger charge is 2.02. The molecular weight excluding hydrogens is 167 g/mol. The monoisotopic (exact) mass is 178 g/mol. The Hall–Kier alpha value is -1.49. The lowest BCUT2D eigenvalue weighted by Gasteiger charge is -2.06. The smallest absolute Gasteiger partial charge is 0.137 e. The Balaban J connectivity index is 2.89. The predicted octanol–water partition coefficient (Wildman–Crippen LogP) is 2.60. The first kappa shape index (κ1) is 9.60. The van der Waals surface area contributed by atoms with Crippen LogP contribution in [0.25, 0.3) is 0 Å². The van der Waals surface area contributed by atoms with Gasteiger partial charge in [-0.05, 0) is 18.6 Å². The zero-order valence-electron chi connectivity index (χ0n) is 7.51. The second kappa shape index (κ2) is 4.51. The van der Waals surface area contributed by atoms with E-state index in [-0.39, 0.29) is 5.82 Å². The minimum atomic E-state index is -0.329. The molecule has 0 aliphatic rings. The molecule has 1 nitrogen and oxygen atoms in total. The van der Waals surface area contributed by atoms with Gasteiger partial charge in [-0.3, -0.25) is 0 Å². The Morgan fingerprint density at radius 3 is 2.92 bits per heavy atom. The lowest BCUT2D eigenvalue weighted by molar-refractivity contribution is 0.315. The Kier molecular flexibility index (Phi) is 3.33. The molecule has 0 unspecified atom stereocenters. The second-order valence-electron chi connectivity index (χ2n) is 2.63. The van der Waals surface area contributed by atoms with Crippen LogP contribution in [0.4, 0.5) is 4.39 Å². The highest BCUT2D eigenvalue weighted by molar-refractivity contribution is 5.44. The molecular formula is C11H11FO. The lowest BCUT2D eigenvalue weighted by Crippen LogP contribution is -1.97. The maximum absolute atomic E-state index is 12.8. The number of halogens is 1. The van der Waals surface area contributed by atoms with Crippen molar-refractivity contribution in [2.75, 3.05) is 6.61 Å². The highest BCUT2D eigenvalue weighted by atomic mass is 19.1. The third-order valence-electron chi connectivity index (χ3n) is 1.56. The van der Waals surface area contributed by atoms with Crippen LogP contribution < -0.4 is 4.74 Å². The van der Waals surface area contributed by atoms with Crippen LogP contribution >= 0.6 is 0 Å². The fourth-order valence-corrected chi connectivity index (χ4v) is 0.947. The van der Waals surface area contributed by atoms with Crippen molar-refractivity contribution in [3.8, 4) is 18.1 Å². The third-order valence-corrected chi connectivity index (χ3v) is 1.56. The molecule has 0 spiro atoms. The van der Waals surface area contributed by atoms with E-state index in [1.807, 2.05) is 6.92 Å². The van der Waals surface area contributed by atoms with Gasteiger partial charge >= 0.3 is 0 Å². The second-order valence-corrected chi connectivity index (χ2v) is 2.63. The van der Waals surface area contributed by atoms with Gasteiger partial charge < -0.3 is 4.74 Å². The van der Waals surface area contributed by atoms with E-state index in [2.05, 4.69) is 5.92 Å². The summed E-state index contributed by atoms with van der Waals surface area (Å²) in [5, 5.41) is 0. The van der Waals surface area contributed by atoms with E-state index in [0.717, 1.165) is 6.42 Å². The molecule has 13 heavy (non-hydrogen) atoms. The molecule has 0 aromatic heterocycles. The van der Waals surface area contributed by atoms with Crippen LogP contribution in [0.2, 0.25) is 0 Å². The largest absolute Gasteiger partial charge is 0.492 e. The number of hydrogen-bond donors (Lipinski definition) is 0. The summed E-state index contributed by atoms with van der Waals surface area (Å²) >= 11 is 0. The Morgan fingerprint density at radius 1 is 1.54 bits per heavy atom. The Bertz CT molecular complexity index is 325. The Labute approximate surface area is 77.5 Å². The lowest BCUT2D eigenvalue weighted by atomic mass is 10.2. The first-order valence-corrected chi connectivity index (χ1v) is 4.17. The third kappa shape index (κ3) is 2.48. The van der Waals surface area contributed by atoms with Gasteiger partial charge in [0.2, 0.25) is 0 Å². The van der Waals surface area contributed by atoms with Gasteiger partial charge in [-0.2, -0.15) is 0 Å². The SMILES string of the molecule is C#Cc1ccc(F)cc1OCCC. The summed E-state index contributed by atoms with van der Waals surface area (Å²) in [4.78, 5) is 0. The normalized spacial score (nSPS) is 9.31. The molecule has 0 aliphatic heterocycles. The van der Waals surface area contributed by atoms with Crippen LogP contribution in [0.15, 0.2) is 18.2 Å². The van der Waals surface area contributed by atoms with Crippen LogP contribution in [0, 0.1) is 18.2 Å². The van der Waals surface area contributed by atoms with E-state index in [0.29, 0.717) is 17.9 Å². The molecule has 0 radical (unpaired) electrons. The van der Waals surface area contributed by atoms with Gasteiger partial charge in [0, 0.05) is 6.07 Å². The van der Waals surface area contributed by atoms with E-state index in [1.165, 1.54) is 12.1 Å². The van der Waals surface area contributed by atoms with Crippen molar-refractivity contribution in [2.45, 2.75) is 13.3 Å². The molecule has 2 heteroatoms. The van der Waals surface area contributed by atoms with Crippen molar-refractivity contribution in [3.63, 3.8) is 0 Å². The first-order valence-electron chi connectivity index (χ1n) is 4.17. The Morgan fingerprint density at radius 2 is 2.31 bits per heavy atom. The predicted molar refractivity (Wildman–Crippen MR) is 50.1 cm³/mol. The summed E-state index contributed by atoms with van der Waals surface area (Å²) in [7, 11) is 0. The van der Waals surface area contributed by atoms with Gasteiger partial charge in [-0.1, -0.05) is 12.8 Å². The van der Waals surface area contributed by atoms with Crippen molar-refractivity contribution in [1.29, 1.82) is 0 Å². The number of benzene rings is 1. The summed E-state index contributed by atoms with van der Waals surface area (Å²) in [5.74, 6) is 2.56. The molecule has 68 valence electrons. The molecule has 0 atom stereocenters. The standard InChI is InChI=1S/C11H11FO/c1-3-7-13-11-8-10(12)6-5-9(11)4-2/h2,5-6,8H,3,7H2,1H3. The van der Waals surface area contributed by atoms with E-state index >= 15 is 0 Å². The fraction of sp³-hybridized carbons (Fsp3) is 0.273. The molecule has 0 aliphatic carbocycles. The number of hydrogen-bond acceptors (Lipinski definition) is 1. The first-order chi connectivity index (χ1) is 6.27. The minimum absolute atomic E-state index is 0.329. The summed E-state index contributed by atoms with van der Waals surface area (Å²) in [5.41, 5.74) is 0.592. The molecule has 0 saturated carbocycles. The molecule has 0 N–H and O–H groups in total. The van der Waals surface area contributed by atoms with Crippen molar-refractivity contribution in [2.24, 2.45) is 0 Å². The number of rotatable bonds is 3. The van der Waals surface area contributed by atoms with Gasteiger partial charge in [0.15, 0.2) is 0 Å². The number of ether oxygens (including phenoxy) is 1. The van der Waals surface area contributed by atoms with Crippen molar-refractivity contribution in [3.05, 3.63) is 29.6 Å². The van der Waals surface area contributed by atoms with Crippen molar-refractivity contribution in [1.82, 2.24) is 0 Å². The van der Waals surface area contributed by atoms with Crippen LogP contribution in [0.3, 0.4) is 0 Å². The van der Waals surface area contributed by atoms with Gasteiger partial charge in [-0.15, -0.1) is 6.42 Å². The summed E-state index contributed by atoms with van der Waals surface area (Å²) in [6.07, 6.45) is 6.10. The minimum Gasteiger partial charge on any atom is -0.492 e. The topological polar surface area (TPSA) is 9.23 Å². The van der Waals surface area contributed by atoms with Crippen molar-refractivity contribution >= 4 is 0 Å². The quantitative estimate of drug-likeness (QED) is 0.646. The van der Waals surface area contributed by atoms with Crippen LogP contribution in [-0.2, 0) is 0 Å². The molecule has 1 rings (SSSR count). The van der Waals surface area contributed by atoms with Gasteiger partial charge in [0.05, 0.1) is 12.2 Å². The fourth-order valence-electron chi connectivity index (χ4n) is 0.947. The van der Waals surface area contributed by atoms with Crippen LogP contribution in [-0.4, -0.2) is 6.61 Å². The summed E-state index contributed by atoms with van der Waals surface area (Å²) in [6, 6.07) is 4.18. The average Bonchev–Trinajstić information content (AvgIpc) is 2.15. The van der Waals surface area contributed by atoms with Gasteiger partial charge in [-0.25, -0.2) is 4.39 Å². The average molecular weight is 178 g/mol. The zero-order valence-corrected chi connectivity index (χ0v) is 7.51. The maximum Gasteiger partial charge on any atom is 0.137 e. The highest BCUT2D eigenvalue weighted by Crippen LogP contribution is 2.18. The van der Waals surface area contributed by atoms with Gasteiger partial charge in [0.1, 0.15) is 11.6 Å².